The Hall–Kier alpha value is -3.76. The van der Waals surface area contributed by atoms with Gasteiger partial charge in [-0.1, -0.05) is 0 Å². The van der Waals surface area contributed by atoms with Crippen molar-refractivity contribution in [2.75, 3.05) is 0 Å². The second-order valence-corrected chi connectivity index (χ2v) is 7.08. The molecule has 11 heteroatoms. The maximum absolute atomic E-state index is 12.8. The second kappa shape index (κ2) is 6.37. The Morgan fingerprint density at radius 1 is 1.13 bits per heavy atom. The van der Waals surface area contributed by atoms with Crippen LogP contribution >= 0.6 is 0 Å². The summed E-state index contributed by atoms with van der Waals surface area (Å²) in [5, 5.41) is 4.37. The van der Waals surface area contributed by atoms with Gasteiger partial charge < -0.3 is 4.98 Å². The molecule has 4 heterocycles. The Balaban J connectivity index is 1.53. The zero-order valence-electron chi connectivity index (χ0n) is 15.1. The Morgan fingerprint density at radius 2 is 1.97 bits per heavy atom. The first-order chi connectivity index (χ1) is 14.3. The zero-order chi connectivity index (χ0) is 21.0. The molecule has 0 aromatic carbocycles. The summed E-state index contributed by atoms with van der Waals surface area (Å²) in [6.45, 7) is 0. The molecule has 1 fully saturated rings. The van der Waals surface area contributed by atoms with Crippen LogP contribution in [-0.4, -0.2) is 29.5 Å². The van der Waals surface area contributed by atoms with E-state index < -0.39 is 23.0 Å². The van der Waals surface area contributed by atoms with Crippen LogP contribution in [0, 0.1) is 0 Å². The molecule has 0 aliphatic heterocycles. The van der Waals surface area contributed by atoms with Gasteiger partial charge in [0, 0.05) is 42.0 Å². The maximum Gasteiger partial charge on any atom is 0.417 e. The second-order valence-electron chi connectivity index (χ2n) is 7.08. The van der Waals surface area contributed by atoms with Crippen molar-refractivity contribution in [3.8, 4) is 11.3 Å². The molecule has 4 aromatic rings. The fraction of sp³-hybridized carbons (Fsp3) is 0.211. The van der Waals surface area contributed by atoms with Crippen molar-refractivity contribution in [3.05, 3.63) is 80.6 Å². The molecule has 4 aromatic heterocycles. The van der Waals surface area contributed by atoms with Crippen LogP contribution in [0.25, 0.3) is 16.9 Å². The Bertz CT molecular complexity index is 1370. The van der Waals surface area contributed by atoms with Gasteiger partial charge in [0.15, 0.2) is 5.65 Å². The van der Waals surface area contributed by atoms with Crippen molar-refractivity contribution in [2.45, 2.75) is 24.4 Å². The van der Waals surface area contributed by atoms with Gasteiger partial charge in [0.2, 0.25) is 0 Å². The van der Waals surface area contributed by atoms with Gasteiger partial charge in [-0.3, -0.25) is 14.8 Å². The van der Waals surface area contributed by atoms with Crippen LogP contribution in [0.1, 0.15) is 35.1 Å². The molecule has 30 heavy (non-hydrogen) atoms. The smallest absolute Gasteiger partial charge is 0.313 e. The third kappa shape index (κ3) is 3.08. The molecule has 152 valence electrons. The molecular weight excluding hydrogens is 401 g/mol. The van der Waals surface area contributed by atoms with E-state index in [1.165, 1.54) is 16.8 Å². The number of nitrogens with zero attached hydrogens (tertiary/aromatic N) is 4. The monoisotopic (exact) mass is 414 g/mol. The first kappa shape index (κ1) is 18.3. The van der Waals surface area contributed by atoms with Crippen molar-refractivity contribution in [2.24, 2.45) is 0 Å². The van der Waals surface area contributed by atoms with Crippen LogP contribution in [0.5, 0.6) is 0 Å². The van der Waals surface area contributed by atoms with Gasteiger partial charge in [-0.05, 0) is 30.5 Å². The molecule has 0 saturated heterocycles. The summed E-state index contributed by atoms with van der Waals surface area (Å²) in [5.41, 5.74) is 0.522. The number of imidazole rings is 1. The summed E-state index contributed by atoms with van der Waals surface area (Å²) >= 11 is 0. The fourth-order valence-electron chi connectivity index (χ4n) is 3.60. The average Bonchev–Trinajstić information content (AvgIpc) is 3.35. The Morgan fingerprint density at radius 3 is 2.67 bits per heavy atom. The predicted octanol–water partition coefficient (Wildman–Crippen LogP) is 2.46. The molecule has 8 nitrogen and oxygen atoms in total. The van der Waals surface area contributed by atoms with E-state index >= 15 is 0 Å². The SMILES string of the molecule is O=c1[nH]cc(-c2cc([C@H]3C[C@@H]3c3ccc(C(F)(F)F)cn3)c3nccn3n2)c(=O)[nH]1. The van der Waals surface area contributed by atoms with E-state index in [1.54, 1.807) is 18.5 Å². The fourth-order valence-corrected chi connectivity index (χ4v) is 3.60. The largest absolute Gasteiger partial charge is 0.417 e. The van der Waals surface area contributed by atoms with Gasteiger partial charge in [-0.15, -0.1) is 0 Å². The number of halogens is 3. The summed E-state index contributed by atoms with van der Waals surface area (Å²) in [7, 11) is 0. The number of alkyl halides is 3. The summed E-state index contributed by atoms with van der Waals surface area (Å²) in [6, 6.07) is 4.14. The quantitative estimate of drug-likeness (QED) is 0.535. The molecule has 0 bridgehead atoms. The van der Waals surface area contributed by atoms with Crippen LogP contribution in [0.15, 0.2) is 52.6 Å². The lowest BCUT2D eigenvalue weighted by Crippen LogP contribution is -2.23. The molecule has 0 unspecified atom stereocenters. The van der Waals surface area contributed by atoms with Crippen LogP contribution in [-0.2, 0) is 6.18 Å². The number of rotatable bonds is 3. The number of fused-ring (bicyclic) bond motifs is 1. The van der Waals surface area contributed by atoms with Crippen molar-refractivity contribution in [1.29, 1.82) is 0 Å². The van der Waals surface area contributed by atoms with Gasteiger partial charge in [-0.2, -0.15) is 18.3 Å². The van der Waals surface area contributed by atoms with E-state index in [0.717, 1.165) is 17.8 Å². The number of H-pyrrole nitrogens is 2. The van der Waals surface area contributed by atoms with Crippen LogP contribution < -0.4 is 11.2 Å². The molecule has 5 rings (SSSR count). The Labute approximate surface area is 165 Å². The third-order valence-corrected chi connectivity index (χ3v) is 5.17. The van der Waals surface area contributed by atoms with Crippen LogP contribution in [0.3, 0.4) is 0 Å². The molecular formula is C19H13F3N6O2. The van der Waals surface area contributed by atoms with Crippen molar-refractivity contribution < 1.29 is 13.2 Å². The van der Waals surface area contributed by atoms with Gasteiger partial charge in [0.05, 0.1) is 16.8 Å². The van der Waals surface area contributed by atoms with E-state index in [0.29, 0.717) is 23.5 Å². The third-order valence-electron chi connectivity index (χ3n) is 5.17. The van der Waals surface area contributed by atoms with E-state index in [4.69, 9.17) is 0 Å². The summed E-state index contributed by atoms with van der Waals surface area (Å²) in [4.78, 5) is 36.4. The number of nitrogens with one attached hydrogen (secondary N) is 2. The minimum Gasteiger partial charge on any atom is -0.313 e. The highest BCUT2D eigenvalue weighted by Crippen LogP contribution is 2.55. The predicted molar refractivity (Wildman–Crippen MR) is 99.0 cm³/mol. The van der Waals surface area contributed by atoms with Gasteiger partial charge in [0.1, 0.15) is 0 Å². The normalized spacial score (nSPS) is 18.6. The topological polar surface area (TPSA) is 109 Å². The first-order valence-corrected chi connectivity index (χ1v) is 9.01. The minimum absolute atomic E-state index is 0.0253. The highest BCUT2D eigenvalue weighted by atomic mass is 19.4. The molecule has 0 spiro atoms. The molecule has 0 radical (unpaired) electrons. The van der Waals surface area contributed by atoms with Gasteiger partial charge >= 0.3 is 11.9 Å². The Kier molecular flexibility index (Phi) is 3.88. The highest BCUT2D eigenvalue weighted by Gasteiger charge is 2.43. The van der Waals surface area contributed by atoms with Crippen LogP contribution in [0.4, 0.5) is 13.2 Å². The summed E-state index contributed by atoms with van der Waals surface area (Å²) in [5.74, 6) is -0.0837. The number of pyridine rings is 1. The summed E-state index contributed by atoms with van der Waals surface area (Å²) in [6.07, 6.45) is 1.59. The van der Waals surface area contributed by atoms with E-state index in [9.17, 15) is 22.8 Å². The van der Waals surface area contributed by atoms with Gasteiger partial charge in [0.25, 0.3) is 5.56 Å². The van der Waals surface area contributed by atoms with Crippen molar-refractivity contribution in [3.63, 3.8) is 0 Å². The summed E-state index contributed by atoms with van der Waals surface area (Å²) < 4.78 is 39.8. The van der Waals surface area contributed by atoms with E-state index in [2.05, 4.69) is 25.0 Å². The van der Waals surface area contributed by atoms with Crippen molar-refractivity contribution in [1.82, 2.24) is 29.5 Å². The van der Waals surface area contributed by atoms with Crippen molar-refractivity contribution >= 4 is 5.65 Å². The van der Waals surface area contributed by atoms with E-state index in [1.807, 2.05) is 0 Å². The van der Waals surface area contributed by atoms with Crippen LogP contribution in [0.2, 0.25) is 0 Å². The number of hydrogen-bond donors (Lipinski definition) is 2. The average molecular weight is 414 g/mol. The molecule has 1 saturated carbocycles. The van der Waals surface area contributed by atoms with Gasteiger partial charge in [-0.25, -0.2) is 14.3 Å². The van der Waals surface area contributed by atoms with E-state index in [-0.39, 0.29) is 17.4 Å². The zero-order valence-corrected chi connectivity index (χ0v) is 15.1. The standard InChI is InChI=1S/C19H13F3N6O2/c20-19(21,22)9-1-2-14(24-7-9)11-5-10(11)12-6-15(27-28-4-3-23-16(12)28)13-8-25-18(30)26-17(13)29/h1-4,6-8,10-11H,5H2,(H2,25,26,29,30)/t10-,11-/m0/s1. The molecule has 2 N–H and O–H groups in total. The first-order valence-electron chi connectivity index (χ1n) is 9.01. The molecule has 0 amide bonds. The lowest BCUT2D eigenvalue weighted by molar-refractivity contribution is -0.137. The number of aromatic amines is 2. The molecule has 2 atom stereocenters. The highest BCUT2D eigenvalue weighted by molar-refractivity contribution is 5.63. The number of aromatic nitrogens is 6. The lowest BCUT2D eigenvalue weighted by Gasteiger charge is -2.08. The molecule has 1 aliphatic rings. The minimum atomic E-state index is -4.43. The maximum atomic E-state index is 12.8. The molecule has 1 aliphatic carbocycles. The number of hydrogen-bond acceptors (Lipinski definition) is 5. The lowest BCUT2D eigenvalue weighted by atomic mass is 10.1.